The van der Waals surface area contributed by atoms with Crippen molar-refractivity contribution in [1.29, 1.82) is 0 Å². The number of rotatable bonds is 1. The van der Waals surface area contributed by atoms with Crippen molar-refractivity contribution in [2.75, 3.05) is 11.4 Å². The summed E-state index contributed by atoms with van der Waals surface area (Å²) in [5, 5.41) is 9.11. The van der Waals surface area contributed by atoms with E-state index < -0.39 is 11.9 Å². The van der Waals surface area contributed by atoms with Crippen LogP contribution in [-0.2, 0) is 9.59 Å². The second-order valence-corrected chi connectivity index (χ2v) is 3.91. The fourth-order valence-corrected chi connectivity index (χ4v) is 2.15. The molecule has 0 spiro atoms. The Bertz CT molecular complexity index is 401. The number of nitrogens with zero attached hydrogens (tertiary/aromatic N) is 1. The summed E-state index contributed by atoms with van der Waals surface area (Å²) in [6.07, 6.45) is 0.478. The van der Waals surface area contributed by atoms with Gasteiger partial charge in [-0.1, -0.05) is 18.2 Å². The van der Waals surface area contributed by atoms with E-state index in [4.69, 9.17) is 5.11 Å². The van der Waals surface area contributed by atoms with Crippen LogP contribution < -0.4 is 4.90 Å². The zero-order valence-electron chi connectivity index (χ0n) is 9.01. The van der Waals surface area contributed by atoms with Gasteiger partial charge in [-0.15, -0.1) is 0 Å². The van der Waals surface area contributed by atoms with Gasteiger partial charge in [0.25, 0.3) is 0 Å². The topological polar surface area (TPSA) is 57.6 Å². The average Bonchev–Trinajstić information content (AvgIpc) is 2.27. The highest BCUT2D eigenvalue weighted by atomic mass is 16.4. The molecule has 0 fully saturated rings. The van der Waals surface area contributed by atoms with Crippen LogP contribution in [0.5, 0.6) is 0 Å². The Hall–Kier alpha value is -1.84. The summed E-state index contributed by atoms with van der Waals surface area (Å²) in [4.78, 5) is 24.1. The van der Waals surface area contributed by atoms with E-state index >= 15 is 0 Å². The molecule has 84 valence electrons. The van der Waals surface area contributed by atoms with Crippen molar-refractivity contribution in [1.82, 2.24) is 0 Å². The molecule has 0 saturated carbocycles. The molecule has 4 heteroatoms. The van der Waals surface area contributed by atoms with Crippen molar-refractivity contribution in [3.8, 4) is 0 Å². The number of carbonyl (C=O) groups excluding carboxylic acids is 1. The fraction of sp³-hybridized carbons (Fsp3) is 0.333. The second kappa shape index (κ2) is 3.96. The summed E-state index contributed by atoms with van der Waals surface area (Å²) >= 11 is 0. The average molecular weight is 219 g/mol. The van der Waals surface area contributed by atoms with E-state index in [0.29, 0.717) is 13.0 Å². The van der Waals surface area contributed by atoms with Gasteiger partial charge in [0.05, 0.1) is 5.92 Å². The lowest BCUT2D eigenvalue weighted by Gasteiger charge is -2.31. The van der Waals surface area contributed by atoms with Gasteiger partial charge in [0.15, 0.2) is 0 Å². The minimum Gasteiger partial charge on any atom is -0.481 e. The fourth-order valence-electron chi connectivity index (χ4n) is 2.15. The summed E-state index contributed by atoms with van der Waals surface area (Å²) in [5.41, 5.74) is 1.46. The maximum atomic E-state index is 11.4. The number of fused-ring (bicyclic) bond motifs is 1. The molecule has 1 aliphatic rings. The third-order valence-corrected chi connectivity index (χ3v) is 2.92. The van der Waals surface area contributed by atoms with E-state index in [9.17, 15) is 9.59 Å². The summed E-state index contributed by atoms with van der Waals surface area (Å²) in [5.74, 6) is -1.36. The minimum absolute atomic E-state index is 0.0451. The number of benzene rings is 1. The molecule has 2 rings (SSSR count). The largest absolute Gasteiger partial charge is 0.481 e. The first kappa shape index (κ1) is 10.7. The Balaban J connectivity index is 2.48. The molecular weight excluding hydrogens is 206 g/mol. The quantitative estimate of drug-likeness (QED) is 0.780. The number of hydrogen-bond donors (Lipinski definition) is 1. The highest BCUT2D eigenvalue weighted by Crippen LogP contribution is 2.35. The minimum atomic E-state index is -0.823. The first-order valence-electron chi connectivity index (χ1n) is 5.21. The van der Waals surface area contributed by atoms with Crippen LogP contribution in [0.2, 0.25) is 0 Å². The molecule has 1 amide bonds. The van der Waals surface area contributed by atoms with Crippen LogP contribution in [0.1, 0.15) is 24.8 Å². The van der Waals surface area contributed by atoms with Gasteiger partial charge in [-0.25, -0.2) is 0 Å². The first-order valence-corrected chi connectivity index (χ1v) is 5.21. The van der Waals surface area contributed by atoms with Crippen molar-refractivity contribution in [2.24, 2.45) is 0 Å². The van der Waals surface area contributed by atoms with Crippen LogP contribution in [0, 0.1) is 0 Å². The molecule has 1 atom stereocenters. The lowest BCUT2D eigenvalue weighted by Crippen LogP contribution is -2.36. The van der Waals surface area contributed by atoms with E-state index in [1.165, 1.54) is 6.92 Å². The standard InChI is InChI=1S/C12H13NO3/c1-8(14)13-7-6-10(12(15)16)9-4-2-3-5-11(9)13/h2-5,10H,6-7H2,1H3,(H,15,16). The highest BCUT2D eigenvalue weighted by molar-refractivity contribution is 5.94. The molecule has 1 unspecified atom stereocenters. The van der Waals surface area contributed by atoms with Gasteiger partial charge in [0.2, 0.25) is 5.91 Å². The second-order valence-electron chi connectivity index (χ2n) is 3.91. The molecule has 1 N–H and O–H groups in total. The smallest absolute Gasteiger partial charge is 0.311 e. The molecule has 16 heavy (non-hydrogen) atoms. The third kappa shape index (κ3) is 1.66. The Morgan fingerprint density at radius 2 is 2.06 bits per heavy atom. The molecule has 1 heterocycles. The summed E-state index contributed by atoms with van der Waals surface area (Å²) in [7, 11) is 0. The molecule has 1 aromatic rings. The molecule has 0 saturated heterocycles. The number of para-hydroxylation sites is 1. The maximum absolute atomic E-state index is 11.4. The van der Waals surface area contributed by atoms with Crippen LogP contribution in [0.15, 0.2) is 24.3 Å². The maximum Gasteiger partial charge on any atom is 0.311 e. The Morgan fingerprint density at radius 3 is 2.69 bits per heavy atom. The predicted octanol–water partition coefficient (Wildman–Crippen LogP) is 1.61. The zero-order chi connectivity index (χ0) is 11.7. The zero-order valence-corrected chi connectivity index (χ0v) is 9.01. The van der Waals surface area contributed by atoms with E-state index in [1.54, 1.807) is 23.1 Å². The summed E-state index contributed by atoms with van der Waals surface area (Å²) < 4.78 is 0. The number of carbonyl (C=O) groups is 2. The Morgan fingerprint density at radius 1 is 1.38 bits per heavy atom. The lowest BCUT2D eigenvalue weighted by molar-refractivity contribution is -0.139. The van der Waals surface area contributed by atoms with Crippen molar-refractivity contribution in [3.63, 3.8) is 0 Å². The Labute approximate surface area is 93.5 Å². The number of amides is 1. The van der Waals surface area contributed by atoms with Crippen molar-refractivity contribution < 1.29 is 14.7 Å². The monoisotopic (exact) mass is 219 g/mol. The lowest BCUT2D eigenvalue weighted by atomic mass is 9.90. The number of carboxylic acid groups (broad SMARTS) is 1. The highest BCUT2D eigenvalue weighted by Gasteiger charge is 2.30. The molecule has 4 nitrogen and oxygen atoms in total. The van der Waals surface area contributed by atoms with Crippen molar-refractivity contribution >= 4 is 17.6 Å². The molecule has 0 aliphatic carbocycles. The molecule has 1 aromatic carbocycles. The van der Waals surface area contributed by atoms with Gasteiger partial charge in [-0.2, -0.15) is 0 Å². The number of hydrogen-bond acceptors (Lipinski definition) is 2. The van der Waals surface area contributed by atoms with E-state index in [2.05, 4.69) is 0 Å². The SMILES string of the molecule is CC(=O)N1CCC(C(=O)O)c2ccccc21. The normalized spacial score (nSPS) is 19.1. The number of carboxylic acids is 1. The van der Waals surface area contributed by atoms with Gasteiger partial charge in [0, 0.05) is 19.2 Å². The summed E-state index contributed by atoms with van der Waals surface area (Å²) in [6.45, 7) is 1.97. The Kier molecular flexibility index (Phi) is 2.64. The van der Waals surface area contributed by atoms with Crippen LogP contribution in [0.4, 0.5) is 5.69 Å². The van der Waals surface area contributed by atoms with Gasteiger partial charge >= 0.3 is 5.97 Å². The van der Waals surface area contributed by atoms with E-state index in [0.717, 1.165) is 11.3 Å². The van der Waals surface area contributed by atoms with Crippen molar-refractivity contribution in [2.45, 2.75) is 19.3 Å². The summed E-state index contributed by atoms with van der Waals surface area (Å²) in [6, 6.07) is 7.20. The molecular formula is C12H13NO3. The first-order chi connectivity index (χ1) is 7.61. The third-order valence-electron chi connectivity index (χ3n) is 2.92. The van der Waals surface area contributed by atoms with Crippen LogP contribution in [0.3, 0.4) is 0 Å². The molecule has 0 radical (unpaired) electrons. The van der Waals surface area contributed by atoms with Crippen LogP contribution in [0.25, 0.3) is 0 Å². The van der Waals surface area contributed by atoms with Crippen molar-refractivity contribution in [3.05, 3.63) is 29.8 Å². The van der Waals surface area contributed by atoms with Gasteiger partial charge in [-0.05, 0) is 18.1 Å². The van der Waals surface area contributed by atoms with Crippen LogP contribution >= 0.6 is 0 Å². The van der Waals surface area contributed by atoms with Gasteiger partial charge in [0.1, 0.15) is 0 Å². The molecule has 0 aromatic heterocycles. The number of anilines is 1. The van der Waals surface area contributed by atoms with Crippen LogP contribution in [-0.4, -0.2) is 23.5 Å². The van der Waals surface area contributed by atoms with Gasteiger partial charge < -0.3 is 10.0 Å². The van der Waals surface area contributed by atoms with Gasteiger partial charge in [-0.3, -0.25) is 9.59 Å². The number of aliphatic carboxylic acids is 1. The molecule has 0 bridgehead atoms. The van der Waals surface area contributed by atoms with E-state index in [1.807, 2.05) is 6.07 Å². The van der Waals surface area contributed by atoms with E-state index in [-0.39, 0.29) is 5.91 Å². The predicted molar refractivity (Wildman–Crippen MR) is 59.5 cm³/mol. The molecule has 1 aliphatic heterocycles.